The Balaban J connectivity index is 0. The van der Waals surface area contributed by atoms with Gasteiger partial charge in [0.25, 0.3) is 0 Å². The van der Waals surface area contributed by atoms with Crippen molar-refractivity contribution < 1.29 is 69.5 Å². The Morgan fingerprint density at radius 2 is 1.15 bits per heavy atom. The Labute approximate surface area is 205 Å². The van der Waals surface area contributed by atoms with Crippen LogP contribution in [0.4, 0.5) is 0 Å². The first-order chi connectivity index (χ1) is 11.9. The van der Waals surface area contributed by atoms with Gasteiger partial charge >= 0.3 is 51.4 Å². The second kappa shape index (κ2) is 19.8. The minimum Gasteiger partial charge on any atom is -0.748 e. The van der Waals surface area contributed by atoms with Crippen LogP contribution < -0.4 is 51.4 Å². The van der Waals surface area contributed by atoms with Crippen molar-refractivity contribution in [2.75, 3.05) is 0 Å². The van der Waals surface area contributed by atoms with Gasteiger partial charge in [-0.25, -0.2) is 8.42 Å². The SMILES string of the molecule is CCCCCCCCCCCCC(CCCC(O)CCC)S(=O)(=O)[O-].[K+]. The van der Waals surface area contributed by atoms with Gasteiger partial charge in [-0.1, -0.05) is 84.5 Å². The molecule has 2 atom stereocenters. The van der Waals surface area contributed by atoms with Gasteiger partial charge in [0, 0.05) is 5.25 Å². The summed E-state index contributed by atoms with van der Waals surface area (Å²) in [6, 6.07) is 0. The third kappa shape index (κ3) is 18.9. The molecule has 0 saturated heterocycles. The van der Waals surface area contributed by atoms with E-state index in [9.17, 15) is 18.1 Å². The van der Waals surface area contributed by atoms with Crippen LogP contribution in [0.1, 0.15) is 117 Å². The van der Waals surface area contributed by atoms with E-state index in [2.05, 4.69) is 6.92 Å². The minimum atomic E-state index is -4.22. The van der Waals surface area contributed by atoms with Crippen LogP contribution in [0.25, 0.3) is 0 Å². The molecule has 0 amide bonds. The second-order valence-electron chi connectivity index (χ2n) is 7.46. The molecule has 0 spiro atoms. The fraction of sp³-hybridized carbons (Fsp3) is 1.00. The van der Waals surface area contributed by atoms with Gasteiger partial charge < -0.3 is 9.66 Å². The molecule has 152 valence electrons. The molecule has 26 heavy (non-hydrogen) atoms. The molecule has 0 aromatic rings. The van der Waals surface area contributed by atoms with Crippen LogP contribution in [0, 0.1) is 0 Å². The Bertz CT molecular complexity index is 387. The molecule has 0 saturated carbocycles. The predicted molar refractivity (Wildman–Crippen MR) is 105 cm³/mol. The van der Waals surface area contributed by atoms with Crippen molar-refractivity contribution in [2.45, 2.75) is 128 Å². The standard InChI is InChI=1S/C20H42O4S.K/c1-3-5-6-7-8-9-10-11-12-13-17-20(25(22,23)24)18-14-16-19(21)15-4-2;/h19-21H,3-18H2,1-2H3,(H,22,23,24);/q;+1/p-1. The molecule has 4 nitrogen and oxygen atoms in total. The minimum absolute atomic E-state index is 0. The van der Waals surface area contributed by atoms with Gasteiger partial charge in [0.2, 0.25) is 0 Å². The van der Waals surface area contributed by atoms with Crippen molar-refractivity contribution in [3.05, 3.63) is 0 Å². The zero-order valence-electron chi connectivity index (χ0n) is 17.5. The van der Waals surface area contributed by atoms with Gasteiger partial charge in [0.1, 0.15) is 0 Å². The van der Waals surface area contributed by atoms with Crippen LogP contribution in [0.5, 0.6) is 0 Å². The third-order valence-corrected chi connectivity index (χ3v) is 6.26. The molecule has 1 N–H and O–H groups in total. The predicted octanol–water partition coefficient (Wildman–Crippen LogP) is 2.55. The zero-order valence-corrected chi connectivity index (χ0v) is 21.5. The van der Waals surface area contributed by atoms with E-state index in [0.29, 0.717) is 25.7 Å². The first kappa shape index (κ1) is 29.7. The summed E-state index contributed by atoms with van der Waals surface area (Å²) in [4.78, 5) is 0. The molecule has 0 rings (SSSR count). The fourth-order valence-corrected chi connectivity index (χ4v) is 4.26. The summed E-state index contributed by atoms with van der Waals surface area (Å²) in [6.07, 6.45) is 15.4. The fourth-order valence-electron chi connectivity index (χ4n) is 3.35. The van der Waals surface area contributed by atoms with Crippen LogP contribution >= 0.6 is 0 Å². The zero-order chi connectivity index (χ0) is 19.0. The second-order valence-corrected chi connectivity index (χ2v) is 9.11. The van der Waals surface area contributed by atoms with Gasteiger partial charge in [-0.3, -0.25) is 0 Å². The molecule has 6 heteroatoms. The van der Waals surface area contributed by atoms with Gasteiger partial charge in [-0.2, -0.15) is 0 Å². The smallest absolute Gasteiger partial charge is 0.748 e. The Morgan fingerprint density at radius 1 is 0.692 bits per heavy atom. The summed E-state index contributed by atoms with van der Waals surface area (Å²) in [6.45, 7) is 4.24. The van der Waals surface area contributed by atoms with Gasteiger partial charge in [-0.05, 0) is 32.1 Å². The molecule has 0 aliphatic heterocycles. The summed E-state index contributed by atoms with van der Waals surface area (Å²) in [7, 11) is -4.22. The maximum Gasteiger partial charge on any atom is 1.00 e. The molecule has 0 aliphatic rings. The van der Waals surface area contributed by atoms with Crippen molar-refractivity contribution in [3.63, 3.8) is 0 Å². The van der Waals surface area contributed by atoms with Crippen LogP contribution in [0.15, 0.2) is 0 Å². The summed E-state index contributed by atoms with van der Waals surface area (Å²) < 4.78 is 34.2. The summed E-state index contributed by atoms with van der Waals surface area (Å²) in [5, 5.41) is 8.93. The first-order valence-corrected chi connectivity index (χ1v) is 12.0. The monoisotopic (exact) mass is 416 g/mol. The summed E-state index contributed by atoms with van der Waals surface area (Å²) in [5.41, 5.74) is 0. The molecular weight excluding hydrogens is 375 g/mol. The Hall–Kier alpha value is 1.51. The van der Waals surface area contributed by atoms with Crippen molar-refractivity contribution in [3.8, 4) is 0 Å². The maximum absolute atomic E-state index is 11.4. The van der Waals surface area contributed by atoms with E-state index < -0.39 is 15.4 Å². The molecule has 0 aromatic heterocycles. The topological polar surface area (TPSA) is 77.4 Å². The summed E-state index contributed by atoms with van der Waals surface area (Å²) >= 11 is 0. The molecule has 2 unspecified atom stereocenters. The van der Waals surface area contributed by atoms with E-state index in [4.69, 9.17) is 0 Å². The number of hydrogen-bond acceptors (Lipinski definition) is 4. The Morgan fingerprint density at radius 3 is 1.62 bits per heavy atom. The van der Waals surface area contributed by atoms with Crippen LogP contribution in [0.2, 0.25) is 0 Å². The Kier molecular flexibility index (Phi) is 22.6. The van der Waals surface area contributed by atoms with E-state index in [1.807, 2.05) is 6.92 Å². The normalized spacial score (nSPS) is 14.0. The molecule has 0 fully saturated rings. The van der Waals surface area contributed by atoms with Crippen molar-refractivity contribution in [1.29, 1.82) is 0 Å². The number of unbranched alkanes of at least 4 members (excludes halogenated alkanes) is 9. The quantitative estimate of drug-likeness (QED) is 0.212. The molecule has 0 heterocycles. The van der Waals surface area contributed by atoms with Gasteiger partial charge in [0.05, 0.1) is 16.2 Å². The van der Waals surface area contributed by atoms with E-state index >= 15 is 0 Å². The van der Waals surface area contributed by atoms with Crippen LogP contribution in [0.3, 0.4) is 0 Å². The summed E-state index contributed by atoms with van der Waals surface area (Å²) in [5.74, 6) is 0. The van der Waals surface area contributed by atoms with Crippen LogP contribution in [-0.2, 0) is 10.1 Å². The van der Waals surface area contributed by atoms with E-state index in [1.54, 1.807) is 0 Å². The first-order valence-electron chi connectivity index (χ1n) is 10.5. The molecule has 0 radical (unpaired) electrons. The van der Waals surface area contributed by atoms with Crippen LogP contribution in [-0.4, -0.2) is 29.4 Å². The number of aliphatic hydroxyl groups is 1. The maximum atomic E-state index is 11.4. The molecule has 0 aromatic carbocycles. The largest absolute Gasteiger partial charge is 1.00 e. The van der Waals surface area contributed by atoms with E-state index in [0.717, 1.165) is 32.1 Å². The van der Waals surface area contributed by atoms with E-state index in [-0.39, 0.29) is 57.5 Å². The van der Waals surface area contributed by atoms with Crippen molar-refractivity contribution >= 4 is 10.1 Å². The average Bonchev–Trinajstić information content (AvgIpc) is 2.54. The molecular formula is C20H41KO4S. The van der Waals surface area contributed by atoms with Gasteiger partial charge in [-0.15, -0.1) is 0 Å². The van der Waals surface area contributed by atoms with E-state index in [1.165, 1.54) is 44.9 Å². The van der Waals surface area contributed by atoms with Gasteiger partial charge in [0.15, 0.2) is 0 Å². The number of hydrogen-bond donors (Lipinski definition) is 1. The number of aliphatic hydroxyl groups excluding tert-OH is 1. The molecule has 0 bridgehead atoms. The van der Waals surface area contributed by atoms with Crippen molar-refractivity contribution in [2.24, 2.45) is 0 Å². The third-order valence-electron chi connectivity index (χ3n) is 4.97. The van der Waals surface area contributed by atoms with Crippen molar-refractivity contribution in [1.82, 2.24) is 0 Å². The number of rotatable bonds is 18. The average molecular weight is 417 g/mol. The molecule has 0 aliphatic carbocycles.